The van der Waals surface area contributed by atoms with Crippen LogP contribution in [0.25, 0.3) is 0 Å². The minimum absolute atomic E-state index is 0.219. The summed E-state index contributed by atoms with van der Waals surface area (Å²) in [6, 6.07) is 13.1. The first-order chi connectivity index (χ1) is 17.4. The van der Waals surface area contributed by atoms with Gasteiger partial charge in [-0.3, -0.25) is 25.0 Å². The Morgan fingerprint density at radius 3 is 1.94 bits per heavy atom. The molecule has 0 heterocycles. The summed E-state index contributed by atoms with van der Waals surface area (Å²) in [7, 11) is 0. The van der Waals surface area contributed by atoms with Crippen molar-refractivity contribution in [3.63, 3.8) is 0 Å². The van der Waals surface area contributed by atoms with Crippen LogP contribution in [0.2, 0.25) is 0 Å². The summed E-state index contributed by atoms with van der Waals surface area (Å²) in [6.45, 7) is -0.229. The van der Waals surface area contributed by atoms with Crippen molar-refractivity contribution in [2.24, 2.45) is 0 Å². The van der Waals surface area contributed by atoms with Crippen molar-refractivity contribution in [1.82, 2.24) is 0 Å². The molecule has 0 radical (unpaired) electrons. The van der Waals surface area contributed by atoms with E-state index in [9.17, 15) is 25.0 Å². The Morgan fingerprint density at radius 2 is 1.39 bits per heavy atom. The third kappa shape index (κ3) is 11.3. The molecule has 0 aliphatic rings. The molecule has 0 spiro atoms. The molecule has 0 N–H and O–H groups in total. The summed E-state index contributed by atoms with van der Waals surface area (Å²) < 4.78 is 5.13. The van der Waals surface area contributed by atoms with E-state index in [-0.39, 0.29) is 18.6 Å². The molecule has 2 aromatic carbocycles. The van der Waals surface area contributed by atoms with Gasteiger partial charge in [-0.1, -0.05) is 50.7 Å². The van der Waals surface area contributed by atoms with Gasteiger partial charge in [0, 0.05) is 29.9 Å². The fourth-order valence-corrected chi connectivity index (χ4v) is 4.57. The van der Waals surface area contributed by atoms with Crippen LogP contribution in [-0.4, -0.2) is 21.6 Å². The van der Waals surface area contributed by atoms with Gasteiger partial charge in [0.2, 0.25) is 0 Å². The topological polar surface area (TPSA) is 136 Å². The number of ether oxygens (including phenoxy) is 1. The average molecular weight is 514 g/mol. The van der Waals surface area contributed by atoms with E-state index in [1.165, 1.54) is 43.4 Å². The van der Waals surface area contributed by atoms with E-state index in [4.69, 9.17) is 10.00 Å². The molecule has 192 valence electrons. The van der Waals surface area contributed by atoms with Crippen molar-refractivity contribution in [3.05, 3.63) is 79.4 Å². The lowest BCUT2D eigenvalue weighted by Crippen LogP contribution is -2.05. The number of nitro benzene ring substituents is 2. The van der Waals surface area contributed by atoms with Gasteiger partial charge in [0.1, 0.15) is 6.61 Å². The number of nitrogens with zero attached hydrogens (tertiary/aromatic N) is 3. The Hall–Kier alpha value is -3.45. The Morgan fingerprint density at radius 1 is 0.833 bits per heavy atom. The second-order valence-electron chi connectivity index (χ2n) is 8.47. The normalized spacial score (nSPS) is 10.5. The molecule has 0 aliphatic carbocycles. The van der Waals surface area contributed by atoms with Gasteiger partial charge in [-0.25, -0.2) is 0 Å². The smallest absolute Gasteiger partial charge is 0.306 e. The van der Waals surface area contributed by atoms with Crippen molar-refractivity contribution in [2.75, 3.05) is 5.75 Å². The molecule has 0 unspecified atom stereocenters. The van der Waals surface area contributed by atoms with Crippen molar-refractivity contribution in [2.45, 2.75) is 70.1 Å². The van der Waals surface area contributed by atoms with E-state index in [0.29, 0.717) is 12.0 Å². The van der Waals surface area contributed by atoms with Crippen LogP contribution in [0.5, 0.6) is 0 Å². The van der Waals surface area contributed by atoms with Gasteiger partial charge < -0.3 is 4.74 Å². The average Bonchev–Trinajstić information content (AvgIpc) is 2.88. The number of nitro groups is 2. The summed E-state index contributed by atoms with van der Waals surface area (Å²) >= 11 is 1.92. The number of thioether (sulfide) groups is 1. The minimum Gasteiger partial charge on any atom is -0.461 e. The highest BCUT2D eigenvalue weighted by Crippen LogP contribution is 2.23. The van der Waals surface area contributed by atoms with Crippen LogP contribution in [0, 0.1) is 31.6 Å². The first-order valence-corrected chi connectivity index (χ1v) is 13.2. The van der Waals surface area contributed by atoms with Gasteiger partial charge in [0.25, 0.3) is 11.4 Å². The number of carbonyl (C=O) groups excluding carboxylic acids is 1. The van der Waals surface area contributed by atoms with Gasteiger partial charge in [-0.15, -0.1) is 0 Å². The van der Waals surface area contributed by atoms with Crippen molar-refractivity contribution in [3.8, 4) is 6.07 Å². The largest absolute Gasteiger partial charge is 0.461 e. The van der Waals surface area contributed by atoms with E-state index < -0.39 is 27.2 Å². The van der Waals surface area contributed by atoms with E-state index in [1.807, 2.05) is 36.0 Å². The predicted molar refractivity (Wildman–Crippen MR) is 138 cm³/mol. The van der Waals surface area contributed by atoms with Crippen LogP contribution in [0.3, 0.4) is 0 Å². The zero-order chi connectivity index (χ0) is 26.2. The van der Waals surface area contributed by atoms with E-state index in [1.54, 1.807) is 0 Å². The number of rotatable bonds is 17. The highest BCUT2D eigenvalue weighted by molar-refractivity contribution is 7.98. The van der Waals surface area contributed by atoms with Crippen LogP contribution < -0.4 is 0 Å². The van der Waals surface area contributed by atoms with Gasteiger partial charge in [-0.2, -0.15) is 17.0 Å². The van der Waals surface area contributed by atoms with Crippen molar-refractivity contribution in [1.29, 1.82) is 5.26 Å². The molecule has 0 amide bonds. The first-order valence-electron chi connectivity index (χ1n) is 12.0. The fourth-order valence-electron chi connectivity index (χ4n) is 3.59. The fraction of sp³-hybridized carbons (Fsp3) is 0.462. The molecular formula is C26H31N3O6S. The van der Waals surface area contributed by atoms with Crippen LogP contribution >= 0.6 is 11.8 Å². The predicted octanol–water partition coefficient (Wildman–Crippen LogP) is 6.86. The van der Waals surface area contributed by atoms with Gasteiger partial charge in [0.05, 0.1) is 27.5 Å². The number of hydrogen-bond acceptors (Lipinski definition) is 8. The van der Waals surface area contributed by atoms with Crippen LogP contribution in [0.15, 0.2) is 42.5 Å². The third-order valence-corrected chi connectivity index (χ3v) is 6.67. The SMILES string of the molecule is N#Cc1ccc(CSCCCCCCCCCCC(=O)OCc2cc([N+](=O)[O-])cc([N+](=O)[O-])c2)cc1. The molecule has 0 aromatic heterocycles. The molecule has 0 saturated carbocycles. The molecule has 0 atom stereocenters. The molecule has 9 nitrogen and oxygen atoms in total. The zero-order valence-electron chi connectivity index (χ0n) is 20.2. The summed E-state index contributed by atoms with van der Waals surface area (Å²) in [5.74, 6) is 1.69. The summed E-state index contributed by atoms with van der Waals surface area (Å²) in [5, 5.41) is 30.7. The van der Waals surface area contributed by atoms with Gasteiger partial charge >= 0.3 is 5.97 Å². The zero-order valence-corrected chi connectivity index (χ0v) is 21.0. The van der Waals surface area contributed by atoms with Crippen LogP contribution in [-0.2, 0) is 21.9 Å². The number of non-ortho nitro benzene ring substituents is 2. The number of hydrogen-bond donors (Lipinski definition) is 0. The maximum absolute atomic E-state index is 11.9. The van der Waals surface area contributed by atoms with E-state index in [2.05, 4.69) is 6.07 Å². The molecule has 0 aliphatic heterocycles. The number of esters is 1. The Kier molecular flexibility index (Phi) is 13.0. The molecule has 0 bridgehead atoms. The van der Waals surface area contributed by atoms with Crippen LogP contribution in [0.1, 0.15) is 74.5 Å². The van der Waals surface area contributed by atoms with E-state index in [0.717, 1.165) is 36.8 Å². The molecule has 36 heavy (non-hydrogen) atoms. The van der Waals surface area contributed by atoms with Crippen molar-refractivity contribution >= 4 is 29.1 Å². The molecule has 2 rings (SSSR count). The third-order valence-electron chi connectivity index (χ3n) is 5.56. The monoisotopic (exact) mass is 513 g/mol. The summed E-state index contributed by atoms with van der Waals surface area (Å²) in [4.78, 5) is 32.4. The van der Waals surface area contributed by atoms with Crippen LogP contribution in [0.4, 0.5) is 11.4 Å². The number of nitriles is 1. The summed E-state index contributed by atoms with van der Waals surface area (Å²) in [5.41, 5.74) is 1.35. The Balaban J connectivity index is 1.46. The van der Waals surface area contributed by atoms with Gasteiger partial charge in [-0.05, 0) is 36.3 Å². The molecule has 10 heteroatoms. The molecule has 0 saturated heterocycles. The standard InChI is InChI=1S/C26H31N3O6S/c27-18-21-10-12-22(13-11-21)20-36-14-8-6-4-2-1-3-5-7-9-26(30)35-19-23-15-24(28(31)32)17-25(16-23)29(33)34/h10-13,15-17H,1-9,14,19-20H2. The highest BCUT2D eigenvalue weighted by Gasteiger charge is 2.17. The highest BCUT2D eigenvalue weighted by atomic mass is 32.2. The second kappa shape index (κ2) is 16.3. The molecule has 2 aromatic rings. The number of benzene rings is 2. The first kappa shape index (κ1) is 28.8. The molecule has 0 fully saturated rings. The summed E-state index contributed by atoms with van der Waals surface area (Å²) in [6.07, 6.45) is 8.86. The van der Waals surface area contributed by atoms with E-state index >= 15 is 0 Å². The minimum atomic E-state index is -0.712. The maximum atomic E-state index is 11.9. The molecular weight excluding hydrogens is 482 g/mol. The quantitative estimate of drug-likeness (QED) is 0.0967. The second-order valence-corrected chi connectivity index (χ2v) is 9.58. The Bertz CT molecular complexity index is 1020. The maximum Gasteiger partial charge on any atom is 0.306 e. The van der Waals surface area contributed by atoms with Crippen molar-refractivity contribution < 1.29 is 19.4 Å². The lowest BCUT2D eigenvalue weighted by atomic mass is 10.1. The number of unbranched alkanes of at least 4 members (excludes halogenated alkanes) is 7. The van der Waals surface area contributed by atoms with Gasteiger partial charge in [0.15, 0.2) is 0 Å². The Labute approximate surface area is 215 Å². The number of carbonyl (C=O) groups is 1. The lowest BCUT2D eigenvalue weighted by Gasteiger charge is -2.06. The lowest BCUT2D eigenvalue weighted by molar-refractivity contribution is -0.394.